The molecule has 234 valence electrons. The van der Waals surface area contributed by atoms with Gasteiger partial charge < -0.3 is 30.8 Å². The van der Waals surface area contributed by atoms with Gasteiger partial charge in [0.25, 0.3) is 17.8 Å². The number of rotatable bonds is 5. The van der Waals surface area contributed by atoms with Crippen molar-refractivity contribution < 1.29 is 33.5 Å². The Bertz CT molecular complexity index is 1400. The fraction of sp³-hybridized carbons (Fsp3) is 0.375. The number of benzene rings is 2. The van der Waals surface area contributed by atoms with Gasteiger partial charge in [-0.3, -0.25) is 24.0 Å². The van der Waals surface area contributed by atoms with Crippen LogP contribution in [0.25, 0.3) is 0 Å². The summed E-state index contributed by atoms with van der Waals surface area (Å²) < 4.78 is 5.64. The van der Waals surface area contributed by atoms with E-state index in [4.69, 9.17) is 14.3 Å². The molecule has 1 aliphatic heterocycles. The van der Waals surface area contributed by atoms with Gasteiger partial charge in [0.15, 0.2) is 5.69 Å². The molecule has 12 nitrogen and oxygen atoms in total. The maximum absolute atomic E-state index is 13.6. The number of carboxylic acids is 1. The summed E-state index contributed by atoms with van der Waals surface area (Å²) in [5.74, 6) is -2.54. The number of hydrogen-bond acceptors (Lipinski definition) is 7. The highest BCUT2D eigenvalue weighted by molar-refractivity contribution is 5.98. The van der Waals surface area contributed by atoms with E-state index in [1.807, 2.05) is 44.2 Å². The minimum absolute atomic E-state index is 0.121. The molecule has 0 spiro atoms. The van der Waals surface area contributed by atoms with Crippen LogP contribution >= 0.6 is 0 Å². The van der Waals surface area contributed by atoms with Crippen molar-refractivity contribution in [1.82, 2.24) is 26.3 Å². The predicted molar refractivity (Wildman–Crippen MR) is 161 cm³/mol. The molecule has 3 atom stereocenters. The van der Waals surface area contributed by atoms with Crippen molar-refractivity contribution in [3.8, 4) is 0 Å². The molecular formula is C32H39N5O7. The molecule has 1 aliphatic rings. The molecule has 2 aromatic carbocycles. The lowest BCUT2D eigenvalue weighted by molar-refractivity contribution is -0.134. The standard InChI is InChI=1S/C30H35N5O5.C2H4O2/c1-19(2)25-29(39)33-23(17-20-11-5-3-6-12-20)30-34-24(18-40-30)27(37)31-16-10-9-15-22(28(38)35-25)32-26(36)21-13-7-4-8-14-21;1-2(3)4/h3-8,11-14,18-19,22-23,25H,9-10,15-17H2,1-2H3,(H,31,37)(H,32,36)(H,33,39)(H,35,38);1H3,(H,3,4)/t22-,23+,25-;/m0./s1. The third-order valence-corrected chi connectivity index (χ3v) is 6.76. The Balaban J connectivity index is 0.00000124. The summed E-state index contributed by atoms with van der Waals surface area (Å²) in [5, 5.41) is 18.9. The summed E-state index contributed by atoms with van der Waals surface area (Å²) in [7, 11) is 0. The van der Waals surface area contributed by atoms with E-state index < -0.39 is 41.8 Å². The third kappa shape index (κ3) is 10.4. The van der Waals surface area contributed by atoms with Gasteiger partial charge in [-0.2, -0.15) is 0 Å². The number of aliphatic carboxylic acids is 1. The maximum atomic E-state index is 13.6. The van der Waals surface area contributed by atoms with Gasteiger partial charge in [-0.25, -0.2) is 4.98 Å². The molecular weight excluding hydrogens is 566 g/mol. The topological polar surface area (TPSA) is 180 Å². The van der Waals surface area contributed by atoms with E-state index >= 15 is 0 Å². The summed E-state index contributed by atoms with van der Waals surface area (Å²) in [6.45, 7) is 5.11. The van der Waals surface area contributed by atoms with Crippen LogP contribution in [0.5, 0.6) is 0 Å². The lowest BCUT2D eigenvalue weighted by atomic mass is 10.00. The Morgan fingerprint density at radius 2 is 1.61 bits per heavy atom. The Morgan fingerprint density at radius 1 is 0.977 bits per heavy atom. The number of nitrogens with one attached hydrogen (secondary N) is 4. The molecule has 0 saturated carbocycles. The number of carboxylic acid groups (broad SMARTS) is 1. The number of amides is 4. The third-order valence-electron chi connectivity index (χ3n) is 6.76. The van der Waals surface area contributed by atoms with Gasteiger partial charge in [0.05, 0.1) is 0 Å². The van der Waals surface area contributed by atoms with Gasteiger partial charge in [-0.1, -0.05) is 62.4 Å². The molecule has 2 heterocycles. The SMILES string of the molecule is CC(=O)O.CC(C)[C@@H]1NC(=O)[C@@H](NC(=O)c2ccccc2)CCCCNC(=O)c2coc(n2)[C@@H](Cc2ccccc2)NC1=O. The van der Waals surface area contributed by atoms with Crippen molar-refractivity contribution >= 4 is 29.6 Å². The van der Waals surface area contributed by atoms with Crippen LogP contribution in [0, 0.1) is 5.92 Å². The minimum atomic E-state index is -0.882. The van der Waals surface area contributed by atoms with Crippen LogP contribution < -0.4 is 21.3 Å². The molecule has 3 aromatic rings. The molecule has 5 N–H and O–H groups in total. The minimum Gasteiger partial charge on any atom is -0.481 e. The van der Waals surface area contributed by atoms with Crippen LogP contribution in [0.15, 0.2) is 71.3 Å². The lowest BCUT2D eigenvalue weighted by Gasteiger charge is -2.27. The summed E-state index contributed by atoms with van der Waals surface area (Å²) >= 11 is 0. The average molecular weight is 606 g/mol. The molecule has 4 amide bonds. The normalized spacial score (nSPS) is 19.5. The second-order valence-electron chi connectivity index (χ2n) is 10.7. The number of carbonyl (C=O) groups is 5. The number of nitrogens with zero attached hydrogens (tertiary/aromatic N) is 1. The van der Waals surface area contributed by atoms with Gasteiger partial charge >= 0.3 is 0 Å². The van der Waals surface area contributed by atoms with E-state index in [1.54, 1.807) is 30.3 Å². The Kier molecular flexibility index (Phi) is 12.6. The lowest BCUT2D eigenvalue weighted by Crippen LogP contribution is -2.56. The number of oxazole rings is 1. The maximum Gasteiger partial charge on any atom is 0.300 e. The van der Waals surface area contributed by atoms with Crippen molar-refractivity contribution in [2.45, 2.75) is 64.6 Å². The molecule has 0 radical (unpaired) electrons. The first kappa shape index (κ1) is 33.5. The number of carbonyl (C=O) groups excluding carboxylic acids is 4. The molecule has 44 heavy (non-hydrogen) atoms. The Morgan fingerprint density at radius 3 is 2.25 bits per heavy atom. The van der Waals surface area contributed by atoms with E-state index in [2.05, 4.69) is 26.3 Å². The zero-order chi connectivity index (χ0) is 32.1. The van der Waals surface area contributed by atoms with Crippen LogP contribution in [-0.4, -0.2) is 58.3 Å². The van der Waals surface area contributed by atoms with Gasteiger partial charge in [0.1, 0.15) is 24.4 Å². The van der Waals surface area contributed by atoms with Gasteiger partial charge in [0.2, 0.25) is 17.7 Å². The fourth-order valence-electron chi connectivity index (χ4n) is 4.52. The molecule has 12 heteroatoms. The molecule has 0 saturated heterocycles. The highest BCUT2D eigenvalue weighted by atomic mass is 16.4. The van der Waals surface area contributed by atoms with E-state index in [1.165, 1.54) is 6.26 Å². The first-order valence-corrected chi connectivity index (χ1v) is 14.5. The fourth-order valence-corrected chi connectivity index (χ4v) is 4.52. The summed E-state index contributed by atoms with van der Waals surface area (Å²) in [4.78, 5) is 65.9. The van der Waals surface area contributed by atoms with E-state index in [0.29, 0.717) is 37.8 Å². The van der Waals surface area contributed by atoms with Crippen LogP contribution in [0.2, 0.25) is 0 Å². The predicted octanol–water partition coefficient (Wildman–Crippen LogP) is 3.02. The van der Waals surface area contributed by atoms with Crippen molar-refractivity contribution in [2.75, 3.05) is 6.54 Å². The first-order chi connectivity index (χ1) is 21.0. The average Bonchev–Trinajstić information content (AvgIpc) is 3.49. The van der Waals surface area contributed by atoms with E-state index in [-0.39, 0.29) is 23.4 Å². The molecule has 2 bridgehead atoms. The molecule has 0 unspecified atom stereocenters. The summed E-state index contributed by atoms with van der Waals surface area (Å²) in [6, 6.07) is 15.7. The summed E-state index contributed by atoms with van der Waals surface area (Å²) in [5.41, 5.74) is 1.48. The second kappa shape index (κ2) is 16.6. The van der Waals surface area contributed by atoms with Crippen LogP contribution in [0.3, 0.4) is 0 Å². The highest BCUT2D eigenvalue weighted by Gasteiger charge is 2.32. The van der Waals surface area contributed by atoms with Crippen molar-refractivity contribution in [1.29, 1.82) is 0 Å². The molecule has 0 fully saturated rings. The van der Waals surface area contributed by atoms with Crippen LogP contribution in [-0.2, 0) is 20.8 Å². The van der Waals surface area contributed by atoms with Crippen LogP contribution in [0.1, 0.15) is 78.4 Å². The Labute approximate surface area is 256 Å². The quantitative estimate of drug-likeness (QED) is 0.294. The number of aromatic nitrogens is 1. The second-order valence-corrected chi connectivity index (χ2v) is 10.7. The number of hydrogen-bond donors (Lipinski definition) is 5. The summed E-state index contributed by atoms with van der Waals surface area (Å²) in [6.07, 6.45) is 3.10. The molecule has 0 aliphatic carbocycles. The zero-order valence-electron chi connectivity index (χ0n) is 25.0. The van der Waals surface area contributed by atoms with Crippen molar-refractivity contribution in [2.24, 2.45) is 5.92 Å². The smallest absolute Gasteiger partial charge is 0.300 e. The molecule has 1 aromatic heterocycles. The zero-order valence-corrected chi connectivity index (χ0v) is 25.0. The van der Waals surface area contributed by atoms with Gasteiger partial charge in [0, 0.05) is 25.5 Å². The van der Waals surface area contributed by atoms with Gasteiger partial charge in [-0.05, 0) is 42.9 Å². The van der Waals surface area contributed by atoms with E-state index in [0.717, 1.165) is 12.5 Å². The highest BCUT2D eigenvalue weighted by Crippen LogP contribution is 2.20. The van der Waals surface area contributed by atoms with Crippen LogP contribution in [0.4, 0.5) is 0 Å². The molecule has 4 rings (SSSR count). The number of fused-ring (bicyclic) bond motifs is 2. The van der Waals surface area contributed by atoms with Gasteiger partial charge in [-0.15, -0.1) is 0 Å². The first-order valence-electron chi connectivity index (χ1n) is 14.5. The monoisotopic (exact) mass is 605 g/mol. The largest absolute Gasteiger partial charge is 0.481 e. The van der Waals surface area contributed by atoms with Crippen molar-refractivity contribution in [3.05, 3.63) is 89.6 Å². The van der Waals surface area contributed by atoms with E-state index in [9.17, 15) is 19.2 Å². The van der Waals surface area contributed by atoms with Crippen molar-refractivity contribution in [3.63, 3.8) is 0 Å². The Hall–Kier alpha value is -5.00.